The number of piperazine rings is 1. The average molecular weight is 294 g/mol. The molecule has 2 aliphatic heterocycles. The van der Waals surface area contributed by atoms with Crippen LogP contribution in [0.1, 0.15) is 17.5 Å². The molecule has 1 atom stereocenters. The van der Waals surface area contributed by atoms with Crippen molar-refractivity contribution in [3.63, 3.8) is 0 Å². The zero-order valence-electron chi connectivity index (χ0n) is 10.2. The molecule has 7 heteroatoms. The summed E-state index contributed by atoms with van der Waals surface area (Å²) in [5, 5.41) is 3.30. The minimum atomic E-state index is -4.30. The molecule has 0 aromatic carbocycles. The van der Waals surface area contributed by atoms with E-state index >= 15 is 0 Å². The van der Waals surface area contributed by atoms with E-state index in [2.05, 4.69) is 15.2 Å². The van der Waals surface area contributed by atoms with Crippen LogP contribution in [0.5, 0.6) is 0 Å². The monoisotopic (exact) mass is 293 g/mol. The van der Waals surface area contributed by atoms with Crippen molar-refractivity contribution in [3.8, 4) is 0 Å². The van der Waals surface area contributed by atoms with Gasteiger partial charge in [-0.15, -0.1) is 12.4 Å². The first kappa shape index (κ1) is 14.4. The molecule has 0 bridgehead atoms. The maximum Gasteiger partial charge on any atom is 0.417 e. The van der Waals surface area contributed by atoms with Crippen LogP contribution in [0.15, 0.2) is 12.3 Å². The van der Waals surface area contributed by atoms with Gasteiger partial charge in [0.25, 0.3) is 0 Å². The number of fused-ring (bicyclic) bond motifs is 3. The summed E-state index contributed by atoms with van der Waals surface area (Å²) in [5.41, 5.74) is 0.0813. The first-order valence-corrected chi connectivity index (χ1v) is 6.09. The summed E-state index contributed by atoms with van der Waals surface area (Å²) >= 11 is 0. The second kappa shape index (κ2) is 5.17. The highest BCUT2D eigenvalue weighted by molar-refractivity contribution is 5.85. The number of pyridine rings is 1. The predicted molar refractivity (Wildman–Crippen MR) is 68.8 cm³/mol. The van der Waals surface area contributed by atoms with Crippen molar-refractivity contribution >= 4 is 18.2 Å². The summed E-state index contributed by atoms with van der Waals surface area (Å²) < 4.78 is 37.9. The van der Waals surface area contributed by atoms with Crippen molar-refractivity contribution in [1.82, 2.24) is 10.3 Å². The Morgan fingerprint density at radius 3 is 2.89 bits per heavy atom. The van der Waals surface area contributed by atoms with Crippen LogP contribution in [-0.2, 0) is 12.6 Å². The lowest BCUT2D eigenvalue weighted by atomic mass is 9.96. The quantitative estimate of drug-likeness (QED) is 0.795. The van der Waals surface area contributed by atoms with Gasteiger partial charge >= 0.3 is 6.18 Å². The molecule has 1 saturated heterocycles. The number of anilines is 1. The lowest BCUT2D eigenvalue weighted by molar-refractivity contribution is -0.137. The maximum atomic E-state index is 12.6. The van der Waals surface area contributed by atoms with Crippen molar-refractivity contribution in [2.75, 3.05) is 24.5 Å². The highest BCUT2D eigenvalue weighted by Crippen LogP contribution is 2.35. The molecule has 0 amide bonds. The molecule has 1 aromatic rings. The summed E-state index contributed by atoms with van der Waals surface area (Å²) in [5.74, 6) is 0.737. The molecular formula is C12H15ClF3N3. The minimum Gasteiger partial charge on any atom is -0.351 e. The van der Waals surface area contributed by atoms with Crippen LogP contribution in [-0.4, -0.2) is 30.7 Å². The number of aromatic nitrogens is 1. The van der Waals surface area contributed by atoms with Crippen molar-refractivity contribution in [3.05, 3.63) is 23.4 Å². The van der Waals surface area contributed by atoms with E-state index in [1.165, 1.54) is 6.07 Å². The van der Waals surface area contributed by atoms with E-state index in [0.717, 1.165) is 43.6 Å². The number of halogens is 4. The fourth-order valence-electron chi connectivity index (χ4n) is 2.72. The number of rotatable bonds is 0. The van der Waals surface area contributed by atoms with Crippen molar-refractivity contribution in [1.29, 1.82) is 0 Å². The second-order valence-electron chi connectivity index (χ2n) is 4.79. The number of nitrogens with zero attached hydrogens (tertiary/aromatic N) is 2. The Balaban J connectivity index is 0.00000133. The van der Waals surface area contributed by atoms with Crippen molar-refractivity contribution < 1.29 is 13.2 Å². The molecule has 2 aliphatic rings. The van der Waals surface area contributed by atoms with Crippen LogP contribution in [0.25, 0.3) is 0 Å². The third-order valence-corrected chi connectivity index (χ3v) is 3.64. The number of hydrogen-bond donors (Lipinski definition) is 1. The molecule has 106 valence electrons. The molecule has 1 N–H and O–H groups in total. The molecule has 1 aromatic heterocycles. The van der Waals surface area contributed by atoms with Crippen LogP contribution in [0.3, 0.4) is 0 Å². The Morgan fingerprint density at radius 2 is 2.16 bits per heavy atom. The third kappa shape index (κ3) is 2.65. The Kier molecular flexibility index (Phi) is 3.92. The summed E-state index contributed by atoms with van der Waals surface area (Å²) in [7, 11) is 0. The van der Waals surface area contributed by atoms with Crippen LogP contribution >= 0.6 is 12.4 Å². The van der Waals surface area contributed by atoms with Crippen LogP contribution in [0.4, 0.5) is 19.0 Å². The van der Waals surface area contributed by atoms with Gasteiger partial charge in [-0.3, -0.25) is 0 Å². The lowest BCUT2D eigenvalue weighted by Crippen LogP contribution is -2.53. The van der Waals surface area contributed by atoms with Crippen molar-refractivity contribution in [2.24, 2.45) is 0 Å². The molecule has 3 nitrogen and oxygen atoms in total. The summed E-state index contributed by atoms with van der Waals surface area (Å²) in [4.78, 5) is 6.18. The highest BCUT2D eigenvalue weighted by atomic mass is 35.5. The van der Waals surface area contributed by atoms with E-state index in [4.69, 9.17) is 0 Å². The van der Waals surface area contributed by atoms with Gasteiger partial charge in [0.2, 0.25) is 0 Å². The molecule has 0 spiro atoms. The van der Waals surface area contributed by atoms with Crippen LogP contribution in [0.2, 0.25) is 0 Å². The average Bonchev–Trinajstić information content (AvgIpc) is 2.37. The van der Waals surface area contributed by atoms with Gasteiger partial charge in [0.15, 0.2) is 0 Å². The topological polar surface area (TPSA) is 28.2 Å². The number of nitrogens with one attached hydrogen (secondary N) is 1. The highest BCUT2D eigenvalue weighted by Gasteiger charge is 2.34. The zero-order valence-corrected chi connectivity index (χ0v) is 11.0. The van der Waals surface area contributed by atoms with E-state index in [1.807, 2.05) is 0 Å². The molecule has 3 rings (SSSR count). The lowest BCUT2D eigenvalue weighted by Gasteiger charge is -2.41. The molecule has 0 aliphatic carbocycles. The Labute approximate surface area is 115 Å². The number of aryl methyl sites for hydroxylation is 1. The maximum absolute atomic E-state index is 12.6. The van der Waals surface area contributed by atoms with E-state index < -0.39 is 11.7 Å². The first-order chi connectivity index (χ1) is 8.55. The number of hydrogen-bond acceptors (Lipinski definition) is 3. The molecule has 1 unspecified atom stereocenters. The molecule has 3 heterocycles. The fourth-order valence-corrected chi connectivity index (χ4v) is 2.72. The molecular weight excluding hydrogens is 279 g/mol. The van der Waals surface area contributed by atoms with Gasteiger partial charge in [0.05, 0.1) is 5.56 Å². The first-order valence-electron chi connectivity index (χ1n) is 6.09. The SMILES string of the molecule is Cl.FC(F)(F)c1cnc2c(c1)CCC1CNCCN21. The van der Waals surface area contributed by atoms with Gasteiger partial charge in [0, 0.05) is 31.9 Å². The predicted octanol–water partition coefficient (Wildman–Crippen LogP) is 2.25. The van der Waals surface area contributed by atoms with Gasteiger partial charge in [-0.2, -0.15) is 13.2 Å². The Bertz CT molecular complexity index is 464. The zero-order chi connectivity index (χ0) is 12.8. The van der Waals surface area contributed by atoms with Gasteiger partial charge in [-0.1, -0.05) is 0 Å². The standard InChI is InChI=1S/C12H14F3N3.ClH/c13-12(14,15)9-5-8-1-2-10-7-16-3-4-18(10)11(8)17-6-9;/h5-6,10,16H,1-4,7H2;1H. The molecule has 1 fully saturated rings. The van der Waals surface area contributed by atoms with Gasteiger partial charge < -0.3 is 10.2 Å². The van der Waals surface area contributed by atoms with E-state index in [1.54, 1.807) is 0 Å². The normalized spacial score (nSPS) is 22.3. The Hall–Kier alpha value is -1.01. The van der Waals surface area contributed by atoms with Crippen molar-refractivity contribution in [2.45, 2.75) is 25.1 Å². The minimum absolute atomic E-state index is 0. The van der Waals surface area contributed by atoms with Crippen LogP contribution in [0, 0.1) is 0 Å². The summed E-state index contributed by atoms with van der Waals surface area (Å²) in [6.45, 7) is 2.57. The fraction of sp³-hybridized carbons (Fsp3) is 0.583. The van der Waals surface area contributed by atoms with Gasteiger partial charge in [-0.25, -0.2) is 4.98 Å². The molecule has 0 radical (unpaired) electrons. The summed E-state index contributed by atoms with van der Waals surface area (Å²) in [6.07, 6.45) is -1.79. The molecule has 0 saturated carbocycles. The second-order valence-corrected chi connectivity index (χ2v) is 4.79. The van der Waals surface area contributed by atoms with Crippen LogP contribution < -0.4 is 10.2 Å². The van der Waals surface area contributed by atoms with E-state index in [0.29, 0.717) is 12.5 Å². The van der Waals surface area contributed by atoms with E-state index in [9.17, 15) is 13.2 Å². The largest absolute Gasteiger partial charge is 0.417 e. The Morgan fingerprint density at radius 1 is 1.37 bits per heavy atom. The van der Waals surface area contributed by atoms with Gasteiger partial charge in [-0.05, 0) is 24.5 Å². The summed E-state index contributed by atoms with van der Waals surface area (Å²) in [6, 6.07) is 1.62. The van der Waals surface area contributed by atoms with E-state index in [-0.39, 0.29) is 12.4 Å². The number of alkyl halides is 3. The molecule has 19 heavy (non-hydrogen) atoms. The van der Waals surface area contributed by atoms with Gasteiger partial charge in [0.1, 0.15) is 5.82 Å². The third-order valence-electron chi connectivity index (χ3n) is 3.64. The smallest absolute Gasteiger partial charge is 0.351 e.